The Morgan fingerprint density at radius 2 is 2.12 bits per heavy atom. The second-order valence-electron chi connectivity index (χ2n) is 5.25. The summed E-state index contributed by atoms with van der Waals surface area (Å²) in [5.74, 6) is 0.359. The molecule has 2 rings (SSSR count). The molecule has 98 valence electrons. The Morgan fingerprint density at radius 1 is 1.29 bits per heavy atom. The molecule has 0 aromatic heterocycles. The number of carbonyl (C=O) groups excluding carboxylic acids is 1. The van der Waals surface area contributed by atoms with Crippen molar-refractivity contribution in [1.29, 1.82) is 0 Å². The van der Waals surface area contributed by atoms with Gasteiger partial charge in [-0.25, -0.2) is 0 Å². The fourth-order valence-corrected chi connectivity index (χ4v) is 2.89. The first-order valence-corrected chi connectivity index (χ1v) is 6.79. The Labute approximate surface area is 104 Å². The van der Waals surface area contributed by atoms with Gasteiger partial charge in [0.1, 0.15) is 0 Å². The van der Waals surface area contributed by atoms with Crippen molar-refractivity contribution in [3.63, 3.8) is 0 Å². The van der Waals surface area contributed by atoms with Crippen LogP contribution < -0.4 is 5.32 Å². The van der Waals surface area contributed by atoms with E-state index in [9.17, 15) is 4.79 Å². The molecule has 0 aromatic carbocycles. The standard InChI is InChI=1S/C13H24N2O2/c1-10-12(6-9-17-10)13(16)15(2)11-4-3-7-14-8-5-11/h10-12,14H,3-9H2,1-2H3. The molecule has 2 aliphatic rings. The lowest BCUT2D eigenvalue weighted by Crippen LogP contribution is -2.42. The van der Waals surface area contributed by atoms with E-state index >= 15 is 0 Å². The molecule has 1 amide bonds. The highest BCUT2D eigenvalue weighted by molar-refractivity contribution is 5.79. The Bertz CT molecular complexity index is 262. The molecule has 17 heavy (non-hydrogen) atoms. The maximum atomic E-state index is 12.4. The molecule has 4 heteroatoms. The molecule has 2 fully saturated rings. The maximum absolute atomic E-state index is 12.4. The highest BCUT2D eigenvalue weighted by Crippen LogP contribution is 2.24. The summed E-state index contributed by atoms with van der Waals surface area (Å²) in [5.41, 5.74) is 0. The van der Waals surface area contributed by atoms with Crippen LogP contribution in [0.1, 0.15) is 32.6 Å². The van der Waals surface area contributed by atoms with Gasteiger partial charge in [-0.3, -0.25) is 4.79 Å². The number of carbonyl (C=O) groups is 1. The summed E-state index contributed by atoms with van der Waals surface area (Å²) in [4.78, 5) is 14.4. The van der Waals surface area contributed by atoms with Gasteiger partial charge in [0.25, 0.3) is 0 Å². The molecule has 2 heterocycles. The van der Waals surface area contributed by atoms with E-state index in [1.165, 1.54) is 6.42 Å². The van der Waals surface area contributed by atoms with Crippen LogP contribution in [0.5, 0.6) is 0 Å². The molecule has 3 unspecified atom stereocenters. The summed E-state index contributed by atoms with van der Waals surface area (Å²) in [6.45, 7) is 4.86. The summed E-state index contributed by atoms with van der Waals surface area (Å²) in [6, 6.07) is 0.408. The Kier molecular flexibility index (Phi) is 4.40. The number of nitrogens with zero attached hydrogens (tertiary/aromatic N) is 1. The van der Waals surface area contributed by atoms with Crippen molar-refractivity contribution < 1.29 is 9.53 Å². The van der Waals surface area contributed by atoms with Gasteiger partial charge >= 0.3 is 0 Å². The highest BCUT2D eigenvalue weighted by atomic mass is 16.5. The van der Waals surface area contributed by atoms with E-state index in [0.717, 1.165) is 39.0 Å². The number of ether oxygens (including phenoxy) is 1. The molecule has 0 saturated carbocycles. The monoisotopic (exact) mass is 240 g/mol. The first-order chi connectivity index (χ1) is 8.20. The third kappa shape index (κ3) is 2.99. The minimum Gasteiger partial charge on any atom is -0.378 e. The molecule has 1 N–H and O–H groups in total. The van der Waals surface area contributed by atoms with Gasteiger partial charge in [-0.1, -0.05) is 0 Å². The number of hydrogen-bond donors (Lipinski definition) is 1. The molecular weight excluding hydrogens is 216 g/mol. The van der Waals surface area contributed by atoms with Crippen LogP contribution in [0.15, 0.2) is 0 Å². The van der Waals surface area contributed by atoms with Crippen LogP contribution in [0.25, 0.3) is 0 Å². The molecule has 0 bridgehead atoms. The van der Waals surface area contributed by atoms with E-state index in [0.29, 0.717) is 6.04 Å². The van der Waals surface area contributed by atoms with E-state index in [1.807, 2.05) is 18.9 Å². The first-order valence-electron chi connectivity index (χ1n) is 6.79. The number of nitrogens with one attached hydrogen (secondary N) is 1. The third-order valence-electron chi connectivity index (χ3n) is 4.13. The second kappa shape index (κ2) is 5.83. The van der Waals surface area contributed by atoms with Crippen LogP contribution in [0.4, 0.5) is 0 Å². The van der Waals surface area contributed by atoms with E-state index in [-0.39, 0.29) is 17.9 Å². The normalized spacial score (nSPS) is 34.4. The van der Waals surface area contributed by atoms with Gasteiger partial charge in [0.05, 0.1) is 12.0 Å². The van der Waals surface area contributed by atoms with Crippen LogP contribution >= 0.6 is 0 Å². The van der Waals surface area contributed by atoms with Crippen molar-refractivity contribution in [3.8, 4) is 0 Å². The largest absolute Gasteiger partial charge is 0.378 e. The van der Waals surface area contributed by atoms with Crippen LogP contribution in [0, 0.1) is 5.92 Å². The molecule has 0 spiro atoms. The van der Waals surface area contributed by atoms with Crippen molar-refractivity contribution in [2.24, 2.45) is 5.92 Å². The van der Waals surface area contributed by atoms with Crippen LogP contribution in [-0.4, -0.2) is 49.7 Å². The van der Waals surface area contributed by atoms with E-state index in [1.54, 1.807) is 0 Å². The van der Waals surface area contributed by atoms with E-state index in [2.05, 4.69) is 5.32 Å². The highest BCUT2D eigenvalue weighted by Gasteiger charge is 2.34. The van der Waals surface area contributed by atoms with E-state index < -0.39 is 0 Å². The molecule has 4 nitrogen and oxygen atoms in total. The summed E-state index contributed by atoms with van der Waals surface area (Å²) >= 11 is 0. The zero-order chi connectivity index (χ0) is 12.3. The minimum absolute atomic E-state index is 0.0798. The minimum atomic E-state index is 0.0798. The molecule has 2 aliphatic heterocycles. The van der Waals surface area contributed by atoms with Crippen molar-refractivity contribution in [3.05, 3.63) is 0 Å². The predicted octanol–water partition coefficient (Wildman–Crippen LogP) is 1.01. The Morgan fingerprint density at radius 3 is 2.82 bits per heavy atom. The van der Waals surface area contributed by atoms with Crippen LogP contribution in [0.3, 0.4) is 0 Å². The van der Waals surface area contributed by atoms with Gasteiger partial charge in [0, 0.05) is 19.7 Å². The van der Waals surface area contributed by atoms with Gasteiger partial charge in [-0.15, -0.1) is 0 Å². The van der Waals surface area contributed by atoms with Crippen molar-refractivity contribution in [2.75, 3.05) is 26.7 Å². The third-order valence-corrected chi connectivity index (χ3v) is 4.13. The average molecular weight is 240 g/mol. The van der Waals surface area contributed by atoms with Gasteiger partial charge in [0.15, 0.2) is 0 Å². The summed E-state index contributed by atoms with van der Waals surface area (Å²) < 4.78 is 5.49. The number of amides is 1. The average Bonchev–Trinajstić information content (AvgIpc) is 2.60. The second-order valence-corrected chi connectivity index (χ2v) is 5.25. The summed E-state index contributed by atoms with van der Waals surface area (Å²) in [6.07, 6.45) is 4.34. The summed E-state index contributed by atoms with van der Waals surface area (Å²) in [5, 5.41) is 3.39. The Hall–Kier alpha value is -0.610. The topological polar surface area (TPSA) is 41.6 Å². The van der Waals surface area contributed by atoms with Crippen molar-refractivity contribution in [1.82, 2.24) is 10.2 Å². The van der Waals surface area contributed by atoms with Gasteiger partial charge in [-0.2, -0.15) is 0 Å². The van der Waals surface area contributed by atoms with Crippen LogP contribution in [0.2, 0.25) is 0 Å². The van der Waals surface area contributed by atoms with Crippen molar-refractivity contribution >= 4 is 5.91 Å². The van der Waals surface area contributed by atoms with Gasteiger partial charge in [0.2, 0.25) is 5.91 Å². The molecule has 0 aliphatic carbocycles. The van der Waals surface area contributed by atoms with Crippen LogP contribution in [-0.2, 0) is 9.53 Å². The molecule has 3 atom stereocenters. The molecule has 0 aromatic rings. The lowest BCUT2D eigenvalue weighted by Gasteiger charge is -2.30. The fraction of sp³-hybridized carbons (Fsp3) is 0.923. The first kappa shape index (κ1) is 12.8. The smallest absolute Gasteiger partial charge is 0.228 e. The zero-order valence-corrected chi connectivity index (χ0v) is 10.9. The predicted molar refractivity (Wildman–Crippen MR) is 66.8 cm³/mol. The molecular formula is C13H24N2O2. The lowest BCUT2D eigenvalue weighted by atomic mass is 9.99. The fourth-order valence-electron chi connectivity index (χ4n) is 2.89. The van der Waals surface area contributed by atoms with Gasteiger partial charge < -0.3 is 15.0 Å². The molecule has 0 radical (unpaired) electrons. The van der Waals surface area contributed by atoms with Gasteiger partial charge in [-0.05, 0) is 45.7 Å². The zero-order valence-electron chi connectivity index (χ0n) is 10.9. The number of hydrogen-bond acceptors (Lipinski definition) is 3. The van der Waals surface area contributed by atoms with Crippen molar-refractivity contribution in [2.45, 2.75) is 44.8 Å². The quantitative estimate of drug-likeness (QED) is 0.783. The Balaban J connectivity index is 1.93. The SMILES string of the molecule is CC1OCCC1C(=O)N(C)C1CCCNCC1. The maximum Gasteiger partial charge on any atom is 0.228 e. The van der Waals surface area contributed by atoms with E-state index in [4.69, 9.17) is 4.74 Å². The lowest BCUT2D eigenvalue weighted by molar-refractivity contribution is -0.138. The number of rotatable bonds is 2. The molecule has 2 saturated heterocycles. The summed E-state index contributed by atoms with van der Waals surface area (Å²) in [7, 11) is 1.96.